The fourth-order valence-electron chi connectivity index (χ4n) is 1.00. The number of aliphatic imine (C=N–C) groups is 1. The normalized spacial score (nSPS) is 13.5. The monoisotopic (exact) mass is 161 g/mol. The predicted molar refractivity (Wildman–Crippen MR) is 44.8 cm³/mol. The smallest absolute Gasteiger partial charge is 0.133 e. The van der Waals surface area contributed by atoms with Crippen LogP contribution in [0.5, 0.6) is 0 Å². The van der Waals surface area contributed by atoms with Crippen LogP contribution in [0.1, 0.15) is 0 Å². The lowest BCUT2D eigenvalue weighted by Crippen LogP contribution is -2.01. The molecule has 1 aromatic carbocycles. The maximum atomic E-state index is 10.4. The van der Waals surface area contributed by atoms with Crippen molar-refractivity contribution >= 4 is 25.8 Å². The van der Waals surface area contributed by atoms with Gasteiger partial charge >= 0.3 is 0 Å². The molecule has 11 heavy (non-hydrogen) atoms. The first kappa shape index (κ1) is 6.48. The Hall–Kier alpha value is -1.23. The van der Waals surface area contributed by atoms with Crippen molar-refractivity contribution in [1.29, 1.82) is 0 Å². The molecule has 1 aliphatic rings. The zero-order valence-electron chi connectivity index (χ0n) is 5.61. The predicted octanol–water partition coefficient (Wildman–Crippen LogP) is 1.06. The molecular weight excluding hydrogens is 157 g/mol. The van der Waals surface area contributed by atoms with Gasteiger partial charge in [-0.1, -0.05) is 6.07 Å². The maximum Gasteiger partial charge on any atom is 0.133 e. The van der Waals surface area contributed by atoms with Crippen molar-refractivity contribution in [2.75, 3.05) is 0 Å². The van der Waals surface area contributed by atoms with Crippen LogP contribution in [0.4, 0.5) is 5.69 Å². The summed E-state index contributed by atoms with van der Waals surface area (Å²) in [6.07, 6.45) is 0. The van der Waals surface area contributed by atoms with Gasteiger partial charge in [0.1, 0.15) is 5.94 Å². The van der Waals surface area contributed by atoms with Crippen LogP contribution in [0.3, 0.4) is 0 Å². The van der Waals surface area contributed by atoms with E-state index in [0.29, 0.717) is 5.22 Å². The Kier molecular flexibility index (Phi) is 1.43. The lowest BCUT2D eigenvalue weighted by Gasteiger charge is -1.85. The van der Waals surface area contributed by atoms with Crippen LogP contribution in [0.25, 0.3) is 0 Å². The third kappa shape index (κ3) is 0.932. The van der Waals surface area contributed by atoms with Crippen molar-refractivity contribution in [3.8, 4) is 0 Å². The molecule has 3 heteroatoms. The highest BCUT2D eigenvalue weighted by Gasteiger charge is 1.97. The van der Waals surface area contributed by atoms with E-state index in [9.17, 15) is 4.79 Å². The molecule has 0 bridgehead atoms. The van der Waals surface area contributed by atoms with Gasteiger partial charge in [0, 0.05) is 4.94 Å². The summed E-state index contributed by atoms with van der Waals surface area (Å²) in [5, 5.41) is 0.627. The number of fused-ring (bicyclic) bond motifs is 1. The van der Waals surface area contributed by atoms with Crippen LogP contribution < -0.4 is 5.22 Å². The Morgan fingerprint density at radius 1 is 1.45 bits per heavy atom. The van der Waals surface area contributed by atoms with E-state index in [4.69, 9.17) is 0 Å². The SMILES string of the molecule is O=C=c1cccc2c1=PC=N2. The molecule has 1 aromatic rings. The van der Waals surface area contributed by atoms with Crippen molar-refractivity contribution in [2.24, 2.45) is 4.99 Å². The molecule has 0 aromatic heterocycles. The van der Waals surface area contributed by atoms with Crippen molar-refractivity contribution < 1.29 is 4.79 Å². The summed E-state index contributed by atoms with van der Waals surface area (Å²) < 4.78 is 0. The molecule has 0 amide bonds. The molecule has 0 unspecified atom stereocenters. The summed E-state index contributed by atoms with van der Waals surface area (Å²) in [6.45, 7) is 0. The average Bonchev–Trinajstić information content (AvgIpc) is 2.50. The van der Waals surface area contributed by atoms with Gasteiger partial charge in [-0.05, 0) is 20.3 Å². The molecule has 1 aliphatic heterocycles. The number of benzene rings is 1. The lowest BCUT2D eigenvalue weighted by atomic mass is 10.3. The fraction of sp³-hybridized carbons (Fsp3) is 0. The van der Waals surface area contributed by atoms with E-state index in [-0.39, 0.29) is 0 Å². The van der Waals surface area contributed by atoms with Crippen LogP contribution in [-0.2, 0) is 4.79 Å². The van der Waals surface area contributed by atoms with E-state index in [2.05, 4.69) is 4.99 Å². The Morgan fingerprint density at radius 3 is 3.18 bits per heavy atom. The quantitative estimate of drug-likeness (QED) is 0.523. The number of rotatable bonds is 0. The highest BCUT2D eigenvalue weighted by molar-refractivity contribution is 7.48. The lowest BCUT2D eigenvalue weighted by molar-refractivity contribution is 0.567. The van der Waals surface area contributed by atoms with Gasteiger partial charge in [0.2, 0.25) is 0 Å². The van der Waals surface area contributed by atoms with Crippen molar-refractivity contribution in [1.82, 2.24) is 0 Å². The van der Waals surface area contributed by atoms with E-state index in [1.807, 2.05) is 18.1 Å². The number of hydrogen-bond acceptors (Lipinski definition) is 2. The molecule has 0 saturated heterocycles. The second-order valence-corrected chi connectivity index (χ2v) is 3.09. The van der Waals surface area contributed by atoms with E-state index in [1.54, 1.807) is 12.0 Å². The highest BCUT2D eigenvalue weighted by atomic mass is 31.1. The van der Waals surface area contributed by atoms with Crippen LogP contribution >= 0.6 is 8.20 Å². The molecule has 0 fully saturated rings. The average molecular weight is 161 g/mol. The molecule has 0 radical (unpaired) electrons. The Morgan fingerprint density at radius 2 is 2.36 bits per heavy atom. The first-order valence-electron chi connectivity index (χ1n) is 3.16. The zero-order valence-corrected chi connectivity index (χ0v) is 6.51. The Labute approximate surface area is 64.7 Å². The van der Waals surface area contributed by atoms with Gasteiger partial charge in [0.05, 0.1) is 16.9 Å². The maximum absolute atomic E-state index is 10.4. The summed E-state index contributed by atoms with van der Waals surface area (Å²) in [6, 6.07) is 5.47. The summed E-state index contributed by atoms with van der Waals surface area (Å²) >= 11 is 0. The van der Waals surface area contributed by atoms with E-state index in [0.717, 1.165) is 18.8 Å². The molecule has 0 atom stereocenters. The Bertz CT molecular complexity index is 457. The first-order valence-corrected chi connectivity index (χ1v) is 4.13. The third-order valence-corrected chi connectivity index (χ3v) is 2.47. The first-order chi connectivity index (χ1) is 5.42. The van der Waals surface area contributed by atoms with Gasteiger partial charge < -0.3 is 0 Å². The number of nitrogens with zero attached hydrogens (tertiary/aromatic N) is 1. The summed E-state index contributed by atoms with van der Waals surface area (Å²) in [5.41, 5.74) is 0.896. The standard InChI is InChI=1S/C8H4NOP/c10-4-6-2-1-3-7-8(6)11-5-9-7/h1-3,5H. The van der Waals surface area contributed by atoms with Crippen molar-refractivity contribution in [3.63, 3.8) is 0 Å². The van der Waals surface area contributed by atoms with Crippen LogP contribution in [0.15, 0.2) is 23.2 Å². The topological polar surface area (TPSA) is 29.4 Å². The fourth-order valence-corrected chi connectivity index (χ4v) is 1.82. The molecule has 1 heterocycles. The number of carbonyl (C=O) groups excluding carboxylic acids is 1. The largest absolute Gasteiger partial charge is 0.251 e. The minimum absolute atomic E-state index is 0.627. The van der Waals surface area contributed by atoms with Crippen LogP contribution in [0.2, 0.25) is 0 Å². The summed E-state index contributed by atoms with van der Waals surface area (Å²) in [5.74, 6) is 3.67. The van der Waals surface area contributed by atoms with E-state index < -0.39 is 0 Å². The summed E-state index contributed by atoms with van der Waals surface area (Å²) in [4.78, 5) is 15.4. The molecular formula is C8H4NOP. The van der Waals surface area contributed by atoms with Gasteiger partial charge in [0.15, 0.2) is 0 Å². The van der Waals surface area contributed by atoms with Crippen molar-refractivity contribution in [3.05, 3.63) is 28.4 Å². The minimum Gasteiger partial charge on any atom is -0.251 e. The highest BCUT2D eigenvalue weighted by Crippen LogP contribution is 2.20. The molecule has 0 aliphatic carbocycles. The van der Waals surface area contributed by atoms with Gasteiger partial charge in [-0.2, -0.15) is 0 Å². The molecule has 2 nitrogen and oxygen atoms in total. The number of hydrogen-bond donors (Lipinski definition) is 0. The molecule has 2 rings (SSSR count). The van der Waals surface area contributed by atoms with Gasteiger partial charge in [0.25, 0.3) is 0 Å². The minimum atomic E-state index is 0.627. The Balaban J connectivity index is 3.04. The van der Waals surface area contributed by atoms with Gasteiger partial charge in [-0.25, -0.2) is 4.79 Å². The summed E-state index contributed by atoms with van der Waals surface area (Å²) in [7, 11) is 0.998. The second kappa shape index (κ2) is 2.43. The third-order valence-electron chi connectivity index (χ3n) is 1.51. The molecule has 0 spiro atoms. The van der Waals surface area contributed by atoms with E-state index in [1.165, 1.54) is 0 Å². The van der Waals surface area contributed by atoms with E-state index >= 15 is 0 Å². The van der Waals surface area contributed by atoms with Crippen LogP contribution in [0, 0.1) is 4.94 Å². The second-order valence-electron chi connectivity index (χ2n) is 2.15. The van der Waals surface area contributed by atoms with Crippen LogP contribution in [-0.4, -0.2) is 11.9 Å². The van der Waals surface area contributed by atoms with Gasteiger partial charge in [-0.15, -0.1) is 0 Å². The molecule has 52 valence electrons. The zero-order chi connectivity index (χ0) is 7.68. The van der Waals surface area contributed by atoms with Gasteiger partial charge in [-0.3, -0.25) is 4.99 Å². The molecule has 0 N–H and O–H groups in total. The van der Waals surface area contributed by atoms with Crippen molar-refractivity contribution in [2.45, 2.75) is 0 Å². The molecule has 0 saturated carbocycles.